The van der Waals surface area contributed by atoms with Gasteiger partial charge < -0.3 is 11.1 Å². The Balaban J connectivity index is 2.35. The van der Waals surface area contributed by atoms with E-state index in [2.05, 4.69) is 19.9 Å². The van der Waals surface area contributed by atoms with E-state index in [-0.39, 0.29) is 11.5 Å². The first-order valence-electron chi connectivity index (χ1n) is 5.91. The van der Waals surface area contributed by atoms with Crippen LogP contribution in [0.25, 0.3) is 11.5 Å². The van der Waals surface area contributed by atoms with E-state index in [1.807, 2.05) is 5.32 Å². The zero-order valence-corrected chi connectivity index (χ0v) is 11.1. The van der Waals surface area contributed by atoms with Crippen molar-refractivity contribution in [2.45, 2.75) is 12.4 Å². The van der Waals surface area contributed by atoms with E-state index in [1.165, 1.54) is 0 Å². The molecule has 0 aromatic carbocycles. The van der Waals surface area contributed by atoms with Gasteiger partial charge in [0.25, 0.3) is 0 Å². The normalized spacial score (nSPS) is 12.3. The van der Waals surface area contributed by atoms with Crippen LogP contribution in [0.5, 0.6) is 0 Å². The number of hydrogen-bond donors (Lipinski definition) is 2. The Morgan fingerprint density at radius 3 is 2.26 bits per heavy atom. The monoisotopic (exact) mass is 338 g/mol. The summed E-state index contributed by atoms with van der Waals surface area (Å²) in [6.07, 6.45) is -9.22. The molecule has 2 rings (SSSR count). The van der Waals surface area contributed by atoms with Gasteiger partial charge in [0, 0.05) is 0 Å². The molecule has 0 bridgehead atoms. The number of rotatable bonds is 3. The van der Waals surface area contributed by atoms with E-state index in [4.69, 9.17) is 5.73 Å². The van der Waals surface area contributed by atoms with E-state index in [0.29, 0.717) is 0 Å². The number of alkyl halides is 6. The van der Waals surface area contributed by atoms with Crippen molar-refractivity contribution in [2.75, 3.05) is 17.6 Å². The topological polar surface area (TPSA) is 89.6 Å². The molecule has 0 atom stereocenters. The van der Waals surface area contributed by atoms with Gasteiger partial charge >= 0.3 is 12.4 Å². The number of hydrogen-bond acceptors (Lipinski definition) is 6. The molecule has 0 aliphatic rings. The van der Waals surface area contributed by atoms with Crippen molar-refractivity contribution in [3.05, 3.63) is 23.9 Å². The molecule has 0 aliphatic carbocycles. The third-order valence-corrected chi connectivity index (χ3v) is 2.37. The standard InChI is InChI=1S/C11H8F6N6/c12-10(13,14)4-19-9-22-7(21-8(18)23-9)5-2-1-3-6(20-5)11(15,16)17/h1-3H,4H2,(H3,18,19,21,22,23). The number of nitrogens with zero attached hydrogens (tertiary/aromatic N) is 4. The SMILES string of the molecule is Nc1nc(NCC(F)(F)F)nc(-c2cccc(C(F)(F)F)n2)n1. The van der Waals surface area contributed by atoms with Gasteiger partial charge in [-0.1, -0.05) is 6.07 Å². The number of nitrogen functional groups attached to an aromatic ring is 1. The molecule has 0 saturated carbocycles. The minimum absolute atomic E-state index is 0.302. The second kappa shape index (κ2) is 5.85. The Bertz CT molecular complexity index is 698. The van der Waals surface area contributed by atoms with E-state index < -0.39 is 36.5 Å². The van der Waals surface area contributed by atoms with Crippen LogP contribution in [0.2, 0.25) is 0 Å². The summed E-state index contributed by atoms with van der Waals surface area (Å²) < 4.78 is 74.3. The van der Waals surface area contributed by atoms with E-state index >= 15 is 0 Å². The highest BCUT2D eigenvalue weighted by Crippen LogP contribution is 2.29. The van der Waals surface area contributed by atoms with Crippen molar-refractivity contribution in [1.29, 1.82) is 0 Å². The van der Waals surface area contributed by atoms with E-state index in [0.717, 1.165) is 18.2 Å². The fraction of sp³-hybridized carbons (Fsp3) is 0.273. The summed E-state index contributed by atoms with van der Waals surface area (Å²) in [6.45, 7) is -1.44. The predicted octanol–water partition coefficient (Wildman–Crippen LogP) is 2.51. The van der Waals surface area contributed by atoms with Gasteiger partial charge in [-0.25, -0.2) is 4.98 Å². The molecule has 3 N–H and O–H groups in total. The van der Waals surface area contributed by atoms with Crippen molar-refractivity contribution < 1.29 is 26.3 Å². The van der Waals surface area contributed by atoms with Crippen LogP contribution in [-0.4, -0.2) is 32.7 Å². The van der Waals surface area contributed by atoms with Gasteiger partial charge in [0.1, 0.15) is 17.9 Å². The van der Waals surface area contributed by atoms with Gasteiger partial charge in [0.05, 0.1) is 0 Å². The molecule has 12 heteroatoms. The highest BCUT2D eigenvalue weighted by Gasteiger charge is 2.33. The van der Waals surface area contributed by atoms with Gasteiger partial charge in [-0.15, -0.1) is 0 Å². The number of nitrogens with one attached hydrogen (secondary N) is 1. The summed E-state index contributed by atoms with van der Waals surface area (Å²) in [5.41, 5.74) is 3.83. The minimum Gasteiger partial charge on any atom is -0.368 e. The summed E-state index contributed by atoms with van der Waals surface area (Å²) in [6, 6.07) is 2.96. The van der Waals surface area contributed by atoms with Crippen LogP contribution in [0.15, 0.2) is 18.2 Å². The minimum atomic E-state index is -4.69. The lowest BCUT2D eigenvalue weighted by Crippen LogP contribution is -2.23. The molecule has 0 spiro atoms. The third-order valence-electron chi connectivity index (χ3n) is 2.37. The van der Waals surface area contributed by atoms with Crippen LogP contribution in [-0.2, 0) is 6.18 Å². The van der Waals surface area contributed by atoms with Crippen molar-refractivity contribution >= 4 is 11.9 Å². The zero-order chi connectivity index (χ0) is 17.3. The third kappa shape index (κ3) is 4.66. The van der Waals surface area contributed by atoms with Crippen LogP contribution in [0.4, 0.5) is 38.2 Å². The second-order valence-corrected chi connectivity index (χ2v) is 4.22. The molecule has 2 aromatic rings. The van der Waals surface area contributed by atoms with Gasteiger partial charge in [0.2, 0.25) is 11.9 Å². The van der Waals surface area contributed by atoms with Gasteiger partial charge in [-0.3, -0.25) is 0 Å². The highest BCUT2D eigenvalue weighted by atomic mass is 19.4. The van der Waals surface area contributed by atoms with Crippen LogP contribution < -0.4 is 11.1 Å². The van der Waals surface area contributed by atoms with E-state index in [1.54, 1.807) is 0 Å². The zero-order valence-electron chi connectivity index (χ0n) is 11.1. The molecule has 0 amide bonds. The largest absolute Gasteiger partial charge is 0.433 e. The second-order valence-electron chi connectivity index (χ2n) is 4.22. The maximum Gasteiger partial charge on any atom is 0.433 e. The molecule has 0 radical (unpaired) electrons. The summed E-state index contributed by atoms with van der Waals surface area (Å²) in [7, 11) is 0. The lowest BCUT2D eigenvalue weighted by molar-refractivity contribution is -0.141. The van der Waals surface area contributed by atoms with Crippen LogP contribution in [0.1, 0.15) is 5.69 Å². The number of pyridine rings is 1. The lowest BCUT2D eigenvalue weighted by Gasteiger charge is -2.10. The maximum atomic E-state index is 12.6. The fourth-order valence-electron chi connectivity index (χ4n) is 1.48. The van der Waals surface area contributed by atoms with Gasteiger partial charge in [0.15, 0.2) is 5.82 Å². The van der Waals surface area contributed by atoms with Crippen molar-refractivity contribution in [1.82, 2.24) is 19.9 Å². The smallest absolute Gasteiger partial charge is 0.368 e. The first kappa shape index (κ1) is 16.7. The quantitative estimate of drug-likeness (QED) is 0.836. The Hall–Kier alpha value is -2.66. The summed E-state index contributed by atoms with van der Waals surface area (Å²) in [5, 5.41) is 1.86. The van der Waals surface area contributed by atoms with Crippen molar-refractivity contribution in [3.63, 3.8) is 0 Å². The van der Waals surface area contributed by atoms with Crippen LogP contribution in [0.3, 0.4) is 0 Å². The number of aromatic nitrogens is 4. The molecule has 6 nitrogen and oxygen atoms in total. The molecule has 0 saturated heterocycles. The Morgan fingerprint density at radius 2 is 1.65 bits per heavy atom. The Labute approximate surface area is 124 Å². The molecule has 0 unspecified atom stereocenters. The molecule has 0 aliphatic heterocycles. The van der Waals surface area contributed by atoms with Crippen molar-refractivity contribution in [2.24, 2.45) is 0 Å². The Kier molecular flexibility index (Phi) is 4.25. The van der Waals surface area contributed by atoms with Crippen LogP contribution >= 0.6 is 0 Å². The predicted molar refractivity (Wildman–Crippen MR) is 67.0 cm³/mol. The molecular formula is C11H8F6N6. The summed E-state index contributed by atoms with van der Waals surface area (Å²) in [5.74, 6) is -1.36. The lowest BCUT2D eigenvalue weighted by atomic mass is 10.3. The highest BCUT2D eigenvalue weighted by molar-refractivity contribution is 5.53. The van der Waals surface area contributed by atoms with E-state index in [9.17, 15) is 26.3 Å². The number of nitrogens with two attached hydrogens (primary N) is 1. The maximum absolute atomic E-state index is 12.6. The fourth-order valence-corrected chi connectivity index (χ4v) is 1.48. The Morgan fingerprint density at radius 1 is 0.957 bits per heavy atom. The first-order valence-corrected chi connectivity index (χ1v) is 5.91. The first-order chi connectivity index (χ1) is 10.5. The van der Waals surface area contributed by atoms with Crippen molar-refractivity contribution in [3.8, 4) is 11.5 Å². The number of anilines is 2. The molecule has 2 aromatic heterocycles. The van der Waals surface area contributed by atoms with Gasteiger partial charge in [-0.2, -0.15) is 41.3 Å². The molecule has 0 fully saturated rings. The average molecular weight is 338 g/mol. The summed E-state index contributed by atoms with van der Waals surface area (Å²) >= 11 is 0. The summed E-state index contributed by atoms with van der Waals surface area (Å²) in [4.78, 5) is 13.9. The van der Waals surface area contributed by atoms with Gasteiger partial charge in [-0.05, 0) is 12.1 Å². The average Bonchev–Trinajstić information content (AvgIpc) is 2.43. The van der Waals surface area contributed by atoms with Crippen LogP contribution in [0, 0.1) is 0 Å². The molecule has 124 valence electrons. The molecule has 23 heavy (non-hydrogen) atoms. The molecule has 2 heterocycles. The molecular weight excluding hydrogens is 330 g/mol. The number of halogens is 6.